The third-order valence-corrected chi connectivity index (χ3v) is 3.14. The summed E-state index contributed by atoms with van der Waals surface area (Å²) in [6.07, 6.45) is 1.35. The van der Waals surface area contributed by atoms with E-state index in [0.717, 1.165) is 36.1 Å². The maximum Gasteiger partial charge on any atom is 0.0995 e. The van der Waals surface area contributed by atoms with Gasteiger partial charge < -0.3 is 5.32 Å². The maximum atomic E-state index is 8.90. The lowest BCUT2D eigenvalue weighted by atomic mass is 10.1. The van der Waals surface area contributed by atoms with Gasteiger partial charge in [0.2, 0.25) is 0 Å². The van der Waals surface area contributed by atoms with E-state index in [-0.39, 0.29) is 0 Å². The predicted octanol–water partition coefficient (Wildman–Crippen LogP) is 2.30. The number of benzene rings is 1. The van der Waals surface area contributed by atoms with Gasteiger partial charge in [0, 0.05) is 6.54 Å². The first-order valence-corrected chi connectivity index (χ1v) is 5.50. The number of hydrogen-bond acceptors (Lipinski definition) is 2. The Morgan fingerprint density at radius 2 is 2.20 bits per heavy atom. The minimum Gasteiger partial charge on any atom is -0.312 e. The number of nitrogens with zero attached hydrogens (tertiary/aromatic N) is 1. The van der Waals surface area contributed by atoms with Crippen molar-refractivity contribution in [2.24, 2.45) is 11.8 Å². The van der Waals surface area contributed by atoms with E-state index in [4.69, 9.17) is 5.26 Å². The maximum absolute atomic E-state index is 8.90. The fraction of sp³-hybridized carbons (Fsp3) is 0.462. The first-order chi connectivity index (χ1) is 7.31. The van der Waals surface area contributed by atoms with Gasteiger partial charge in [-0.25, -0.2) is 0 Å². The summed E-state index contributed by atoms with van der Waals surface area (Å²) >= 11 is 0. The Labute approximate surface area is 90.9 Å². The van der Waals surface area contributed by atoms with Gasteiger partial charge in [0.25, 0.3) is 0 Å². The summed E-state index contributed by atoms with van der Waals surface area (Å²) in [7, 11) is 0. The Kier molecular flexibility index (Phi) is 3.03. The third kappa shape index (κ3) is 2.57. The fourth-order valence-electron chi connectivity index (χ4n) is 1.86. The van der Waals surface area contributed by atoms with Crippen molar-refractivity contribution in [3.05, 3.63) is 35.4 Å². The molecule has 1 fully saturated rings. The van der Waals surface area contributed by atoms with Crippen LogP contribution in [-0.4, -0.2) is 6.54 Å². The molecule has 0 bridgehead atoms. The predicted molar refractivity (Wildman–Crippen MR) is 60.1 cm³/mol. The Bertz CT molecular complexity index is 378. The molecule has 0 saturated heterocycles. The second kappa shape index (κ2) is 4.46. The van der Waals surface area contributed by atoms with Crippen LogP contribution in [0.2, 0.25) is 0 Å². The molecular formula is C13H16N2. The minimum absolute atomic E-state index is 0.786. The molecule has 0 aromatic heterocycles. The van der Waals surface area contributed by atoms with E-state index in [0.29, 0.717) is 0 Å². The van der Waals surface area contributed by atoms with E-state index < -0.39 is 0 Å². The SMILES string of the molecule is CC1CC1CNCc1ccccc1C#N. The molecule has 0 aliphatic heterocycles. The van der Waals surface area contributed by atoms with Crippen molar-refractivity contribution in [1.29, 1.82) is 5.26 Å². The first-order valence-electron chi connectivity index (χ1n) is 5.50. The Balaban J connectivity index is 1.85. The average molecular weight is 200 g/mol. The molecule has 2 heteroatoms. The Morgan fingerprint density at radius 3 is 2.87 bits per heavy atom. The molecule has 1 aromatic carbocycles. The minimum atomic E-state index is 0.786. The Hall–Kier alpha value is -1.33. The highest BCUT2D eigenvalue weighted by atomic mass is 14.9. The normalized spacial score (nSPS) is 23.5. The Morgan fingerprint density at radius 1 is 1.47 bits per heavy atom. The van der Waals surface area contributed by atoms with Gasteiger partial charge in [0.05, 0.1) is 11.6 Å². The van der Waals surface area contributed by atoms with Gasteiger partial charge in [-0.3, -0.25) is 0 Å². The van der Waals surface area contributed by atoms with Crippen LogP contribution in [0.4, 0.5) is 0 Å². The van der Waals surface area contributed by atoms with Crippen molar-refractivity contribution in [3.63, 3.8) is 0 Å². The summed E-state index contributed by atoms with van der Waals surface area (Å²) in [5.74, 6) is 1.75. The molecule has 78 valence electrons. The molecule has 0 amide bonds. The van der Waals surface area contributed by atoms with Crippen molar-refractivity contribution in [3.8, 4) is 6.07 Å². The molecular weight excluding hydrogens is 184 g/mol. The largest absolute Gasteiger partial charge is 0.312 e. The summed E-state index contributed by atoms with van der Waals surface area (Å²) in [5, 5.41) is 12.3. The molecule has 1 aliphatic carbocycles. The molecule has 0 spiro atoms. The molecule has 1 aromatic rings. The average Bonchev–Trinajstić information content (AvgIpc) is 2.95. The van der Waals surface area contributed by atoms with Gasteiger partial charge in [0.15, 0.2) is 0 Å². The second-order valence-corrected chi connectivity index (χ2v) is 4.37. The van der Waals surface area contributed by atoms with Crippen LogP contribution in [-0.2, 0) is 6.54 Å². The zero-order valence-electron chi connectivity index (χ0n) is 9.03. The van der Waals surface area contributed by atoms with Crippen molar-refractivity contribution < 1.29 is 0 Å². The molecule has 1 N–H and O–H groups in total. The van der Waals surface area contributed by atoms with Crippen LogP contribution < -0.4 is 5.32 Å². The monoisotopic (exact) mass is 200 g/mol. The lowest BCUT2D eigenvalue weighted by Gasteiger charge is -2.05. The van der Waals surface area contributed by atoms with Gasteiger partial charge in [-0.1, -0.05) is 25.1 Å². The van der Waals surface area contributed by atoms with Crippen molar-refractivity contribution >= 4 is 0 Å². The second-order valence-electron chi connectivity index (χ2n) is 4.37. The van der Waals surface area contributed by atoms with Gasteiger partial charge >= 0.3 is 0 Å². The molecule has 2 rings (SSSR count). The summed E-state index contributed by atoms with van der Waals surface area (Å²) in [5.41, 5.74) is 1.89. The lowest BCUT2D eigenvalue weighted by molar-refractivity contribution is 0.611. The van der Waals surface area contributed by atoms with E-state index in [1.165, 1.54) is 6.42 Å². The number of nitriles is 1. The van der Waals surface area contributed by atoms with Crippen LogP contribution >= 0.6 is 0 Å². The van der Waals surface area contributed by atoms with Crippen LogP contribution in [0, 0.1) is 23.2 Å². The third-order valence-electron chi connectivity index (χ3n) is 3.14. The fourth-order valence-corrected chi connectivity index (χ4v) is 1.86. The molecule has 2 nitrogen and oxygen atoms in total. The zero-order valence-corrected chi connectivity index (χ0v) is 9.03. The highest BCUT2D eigenvalue weighted by molar-refractivity contribution is 5.37. The molecule has 2 atom stereocenters. The number of nitrogens with one attached hydrogen (secondary N) is 1. The quantitative estimate of drug-likeness (QED) is 0.809. The standard InChI is InChI=1S/C13H16N2/c1-10-6-13(10)9-15-8-12-5-3-2-4-11(12)7-14/h2-5,10,13,15H,6,8-9H2,1H3. The lowest BCUT2D eigenvalue weighted by Crippen LogP contribution is -2.17. The van der Waals surface area contributed by atoms with Crippen LogP contribution in [0.3, 0.4) is 0 Å². The summed E-state index contributed by atoms with van der Waals surface area (Å²) < 4.78 is 0. The number of hydrogen-bond donors (Lipinski definition) is 1. The van der Waals surface area contributed by atoms with E-state index in [1.54, 1.807) is 0 Å². The topological polar surface area (TPSA) is 35.8 Å². The van der Waals surface area contributed by atoms with Crippen molar-refractivity contribution in [2.45, 2.75) is 19.9 Å². The molecule has 15 heavy (non-hydrogen) atoms. The molecule has 0 heterocycles. The molecule has 1 aliphatic rings. The van der Waals surface area contributed by atoms with Crippen LogP contribution in [0.5, 0.6) is 0 Å². The molecule has 0 radical (unpaired) electrons. The van der Waals surface area contributed by atoms with E-state index in [1.807, 2.05) is 24.3 Å². The van der Waals surface area contributed by atoms with Crippen LogP contribution in [0.25, 0.3) is 0 Å². The van der Waals surface area contributed by atoms with Gasteiger partial charge in [0.1, 0.15) is 0 Å². The zero-order chi connectivity index (χ0) is 10.7. The smallest absolute Gasteiger partial charge is 0.0995 e. The van der Waals surface area contributed by atoms with Crippen molar-refractivity contribution in [2.75, 3.05) is 6.54 Å². The summed E-state index contributed by atoms with van der Waals surface area (Å²) in [6, 6.07) is 10.00. The van der Waals surface area contributed by atoms with E-state index >= 15 is 0 Å². The molecule has 1 saturated carbocycles. The van der Waals surface area contributed by atoms with Crippen LogP contribution in [0.1, 0.15) is 24.5 Å². The highest BCUT2D eigenvalue weighted by Gasteiger charge is 2.31. The van der Waals surface area contributed by atoms with E-state index in [9.17, 15) is 0 Å². The van der Waals surface area contributed by atoms with E-state index in [2.05, 4.69) is 18.3 Å². The van der Waals surface area contributed by atoms with Crippen molar-refractivity contribution in [1.82, 2.24) is 5.32 Å². The summed E-state index contributed by atoms with van der Waals surface area (Å²) in [6.45, 7) is 4.18. The highest BCUT2D eigenvalue weighted by Crippen LogP contribution is 2.36. The van der Waals surface area contributed by atoms with Gasteiger partial charge in [-0.15, -0.1) is 0 Å². The molecule has 2 unspecified atom stereocenters. The van der Waals surface area contributed by atoms with Gasteiger partial charge in [-0.2, -0.15) is 5.26 Å². The summed E-state index contributed by atoms with van der Waals surface area (Å²) in [4.78, 5) is 0. The first kappa shape index (κ1) is 10.2. The van der Waals surface area contributed by atoms with Gasteiger partial charge in [-0.05, 0) is 36.4 Å². The van der Waals surface area contributed by atoms with Crippen LogP contribution in [0.15, 0.2) is 24.3 Å². The number of rotatable bonds is 4.